The number of phenols is 1. The highest BCUT2D eigenvalue weighted by Crippen LogP contribution is 2.51. The monoisotopic (exact) mass is 432 g/mol. The topological polar surface area (TPSA) is 93.1 Å². The molecule has 0 bridgehead atoms. The van der Waals surface area contributed by atoms with E-state index < -0.39 is 17.8 Å². The quantitative estimate of drug-likeness (QED) is 0.367. The zero-order valence-electron chi connectivity index (χ0n) is 19.6. The van der Waals surface area contributed by atoms with Gasteiger partial charge < -0.3 is 19.7 Å². The Morgan fingerprint density at radius 2 is 1.94 bits per heavy atom. The molecule has 1 aliphatic rings. The summed E-state index contributed by atoms with van der Waals surface area (Å²) < 4.78 is 11.9. The molecule has 2 N–H and O–H groups in total. The van der Waals surface area contributed by atoms with Crippen molar-refractivity contribution in [3.8, 4) is 17.2 Å². The molecular formula is C25H36O6. The normalized spacial score (nSPS) is 18.7. The van der Waals surface area contributed by atoms with Gasteiger partial charge in [-0.25, -0.2) is 0 Å². The minimum Gasteiger partial charge on any atom is -0.507 e. The number of phenolic OH excluding ortho intramolecular Hbond substituents is 1. The summed E-state index contributed by atoms with van der Waals surface area (Å²) in [5.74, 6) is -1.42. The van der Waals surface area contributed by atoms with E-state index >= 15 is 0 Å². The van der Waals surface area contributed by atoms with Crippen LogP contribution in [0.2, 0.25) is 0 Å². The number of unbranched alkanes of at least 4 members (excludes halogenated alkanes) is 2. The molecule has 3 atom stereocenters. The predicted octanol–water partition coefficient (Wildman–Crippen LogP) is 5.65. The average Bonchev–Trinajstić information content (AvgIpc) is 2.69. The highest BCUT2D eigenvalue weighted by atomic mass is 16.5. The molecule has 0 saturated heterocycles. The van der Waals surface area contributed by atoms with E-state index in [1.165, 1.54) is 7.11 Å². The third kappa shape index (κ3) is 5.41. The largest absolute Gasteiger partial charge is 0.507 e. The third-order valence-electron chi connectivity index (χ3n) is 6.08. The number of Topliss-reactive ketones (excluding diaryl/α,β-unsaturated/α-hetero) is 1. The van der Waals surface area contributed by atoms with Crippen molar-refractivity contribution in [2.75, 3.05) is 7.11 Å². The fraction of sp³-hybridized carbons (Fsp3) is 0.600. The Hall–Kier alpha value is -2.50. The van der Waals surface area contributed by atoms with Gasteiger partial charge in [-0.2, -0.15) is 0 Å². The lowest BCUT2D eigenvalue weighted by Crippen LogP contribution is -2.34. The van der Waals surface area contributed by atoms with Crippen LogP contribution in [0.3, 0.4) is 0 Å². The van der Waals surface area contributed by atoms with Crippen molar-refractivity contribution in [2.24, 2.45) is 5.92 Å². The first-order chi connectivity index (χ1) is 14.6. The Kier molecular flexibility index (Phi) is 8.54. The lowest BCUT2D eigenvalue weighted by Gasteiger charge is -2.33. The highest BCUT2D eigenvalue weighted by molar-refractivity contribution is 6.05. The summed E-state index contributed by atoms with van der Waals surface area (Å²) >= 11 is 0. The molecule has 0 amide bonds. The Morgan fingerprint density at radius 1 is 1.26 bits per heavy atom. The van der Waals surface area contributed by atoms with Gasteiger partial charge in [0.05, 0.1) is 19.4 Å². The number of methoxy groups -OCH3 is 1. The van der Waals surface area contributed by atoms with E-state index in [4.69, 9.17) is 9.47 Å². The van der Waals surface area contributed by atoms with Gasteiger partial charge in [0.25, 0.3) is 0 Å². The van der Waals surface area contributed by atoms with Crippen LogP contribution in [0, 0.1) is 5.92 Å². The van der Waals surface area contributed by atoms with Crippen LogP contribution >= 0.6 is 0 Å². The fourth-order valence-corrected chi connectivity index (χ4v) is 4.16. The summed E-state index contributed by atoms with van der Waals surface area (Å²) in [5.41, 5.74) is 2.35. The van der Waals surface area contributed by atoms with E-state index in [9.17, 15) is 19.8 Å². The summed E-state index contributed by atoms with van der Waals surface area (Å²) in [6, 6.07) is 0. The SMILES string of the molecule is CCCCC[C@H](CC(=O)O)c1c(O)c2c(c(CC=C(C)C)c1OC)O[C@H](C)[C@@H](C)C2=O. The zero-order chi connectivity index (χ0) is 23.3. The van der Waals surface area contributed by atoms with Crippen LogP contribution in [-0.4, -0.2) is 35.2 Å². The van der Waals surface area contributed by atoms with Gasteiger partial charge in [-0.3, -0.25) is 9.59 Å². The number of ether oxygens (including phenoxy) is 2. The fourth-order valence-electron chi connectivity index (χ4n) is 4.16. The number of carboxylic acid groups (broad SMARTS) is 1. The number of rotatable bonds is 10. The molecule has 1 aromatic carbocycles. The zero-order valence-corrected chi connectivity index (χ0v) is 19.6. The van der Waals surface area contributed by atoms with Crippen LogP contribution in [0.5, 0.6) is 17.2 Å². The number of hydrogen-bond donors (Lipinski definition) is 2. The number of benzene rings is 1. The molecule has 0 aromatic heterocycles. The average molecular weight is 433 g/mol. The van der Waals surface area contributed by atoms with Crippen LogP contribution in [0.1, 0.15) is 94.1 Å². The second-order valence-corrected chi connectivity index (χ2v) is 8.73. The molecule has 0 spiro atoms. The summed E-state index contributed by atoms with van der Waals surface area (Å²) in [6.07, 6.45) is 5.38. The van der Waals surface area contributed by atoms with Gasteiger partial charge in [0.1, 0.15) is 28.9 Å². The summed E-state index contributed by atoms with van der Waals surface area (Å²) in [5, 5.41) is 20.8. The second kappa shape index (κ2) is 10.7. The lowest BCUT2D eigenvalue weighted by molar-refractivity contribution is -0.137. The Morgan fingerprint density at radius 3 is 2.48 bits per heavy atom. The highest BCUT2D eigenvalue weighted by Gasteiger charge is 2.39. The second-order valence-electron chi connectivity index (χ2n) is 8.73. The summed E-state index contributed by atoms with van der Waals surface area (Å²) in [6.45, 7) is 9.67. The Labute approximate surface area is 185 Å². The van der Waals surface area contributed by atoms with Crippen LogP contribution in [-0.2, 0) is 11.2 Å². The summed E-state index contributed by atoms with van der Waals surface area (Å²) in [7, 11) is 1.51. The Balaban J connectivity index is 2.79. The first kappa shape index (κ1) is 24.8. The number of hydrogen-bond acceptors (Lipinski definition) is 5. The van der Waals surface area contributed by atoms with Crippen molar-refractivity contribution in [1.82, 2.24) is 0 Å². The van der Waals surface area contributed by atoms with Gasteiger partial charge >= 0.3 is 5.97 Å². The number of aromatic hydroxyl groups is 1. The summed E-state index contributed by atoms with van der Waals surface area (Å²) in [4.78, 5) is 24.8. The van der Waals surface area contributed by atoms with Crippen molar-refractivity contribution < 1.29 is 29.3 Å². The number of aliphatic carboxylic acids is 1. The number of allylic oxidation sites excluding steroid dienone is 2. The maximum Gasteiger partial charge on any atom is 0.303 e. The Bertz CT molecular complexity index is 850. The first-order valence-electron chi connectivity index (χ1n) is 11.2. The van der Waals surface area contributed by atoms with Crippen molar-refractivity contribution in [2.45, 2.75) is 85.2 Å². The molecule has 6 nitrogen and oxygen atoms in total. The van der Waals surface area contributed by atoms with Crippen LogP contribution in [0.25, 0.3) is 0 Å². The molecule has 6 heteroatoms. The molecule has 2 rings (SSSR count). The van der Waals surface area contributed by atoms with Gasteiger partial charge in [0.15, 0.2) is 5.78 Å². The lowest BCUT2D eigenvalue weighted by atomic mass is 9.81. The number of carbonyl (C=O) groups is 2. The number of carbonyl (C=O) groups excluding carboxylic acids is 1. The van der Waals surface area contributed by atoms with Crippen molar-refractivity contribution in [3.05, 3.63) is 28.3 Å². The molecule has 1 aliphatic heterocycles. The minimum absolute atomic E-state index is 0.143. The van der Waals surface area contributed by atoms with E-state index in [0.717, 1.165) is 24.8 Å². The van der Waals surface area contributed by atoms with E-state index in [1.807, 2.05) is 26.8 Å². The molecule has 31 heavy (non-hydrogen) atoms. The van der Waals surface area contributed by atoms with E-state index in [-0.39, 0.29) is 29.6 Å². The third-order valence-corrected chi connectivity index (χ3v) is 6.08. The van der Waals surface area contributed by atoms with Gasteiger partial charge in [-0.05, 0) is 33.6 Å². The van der Waals surface area contributed by atoms with Gasteiger partial charge in [-0.1, -0.05) is 44.8 Å². The molecule has 1 aromatic rings. The molecule has 0 saturated carbocycles. The van der Waals surface area contributed by atoms with Gasteiger partial charge in [-0.15, -0.1) is 0 Å². The first-order valence-corrected chi connectivity index (χ1v) is 11.2. The number of carboxylic acids is 1. The molecule has 0 unspecified atom stereocenters. The van der Waals surface area contributed by atoms with Crippen molar-refractivity contribution in [1.29, 1.82) is 0 Å². The maximum atomic E-state index is 13.2. The van der Waals surface area contributed by atoms with Crippen LogP contribution < -0.4 is 9.47 Å². The minimum atomic E-state index is -0.948. The number of fused-ring (bicyclic) bond motifs is 1. The molecule has 0 fully saturated rings. The molecule has 0 radical (unpaired) electrons. The standard InChI is InChI=1S/C25H36O6/c1-7-8-9-10-17(13-19(26)27)20-23(29)21-22(28)15(4)16(5)31-25(21)18(24(20)30-6)12-11-14(2)3/h11,15-17,29H,7-10,12-13H2,1-6H3,(H,26,27)/t15-,16-,17-/m1/s1. The van der Waals surface area contributed by atoms with E-state index in [2.05, 4.69) is 6.92 Å². The van der Waals surface area contributed by atoms with Crippen molar-refractivity contribution in [3.63, 3.8) is 0 Å². The van der Waals surface area contributed by atoms with Gasteiger partial charge in [0, 0.05) is 17.0 Å². The molecule has 1 heterocycles. The predicted molar refractivity (Wildman–Crippen MR) is 121 cm³/mol. The molecule has 0 aliphatic carbocycles. The smallest absolute Gasteiger partial charge is 0.303 e. The molecular weight excluding hydrogens is 396 g/mol. The van der Waals surface area contributed by atoms with Crippen LogP contribution in [0.15, 0.2) is 11.6 Å². The van der Waals surface area contributed by atoms with E-state index in [0.29, 0.717) is 35.5 Å². The molecule has 172 valence electrons. The maximum absolute atomic E-state index is 13.2. The van der Waals surface area contributed by atoms with Gasteiger partial charge in [0.2, 0.25) is 0 Å². The number of ketones is 1. The van der Waals surface area contributed by atoms with E-state index in [1.54, 1.807) is 6.92 Å². The van der Waals surface area contributed by atoms with Crippen molar-refractivity contribution >= 4 is 11.8 Å². The van der Waals surface area contributed by atoms with Crippen LogP contribution in [0.4, 0.5) is 0 Å².